The van der Waals surface area contributed by atoms with Crippen LogP contribution in [-0.4, -0.2) is 74.7 Å². The van der Waals surface area contributed by atoms with Crippen LogP contribution >= 0.6 is 35.7 Å². The second-order valence-electron chi connectivity index (χ2n) is 7.94. The first kappa shape index (κ1) is 26.2. The van der Waals surface area contributed by atoms with Crippen LogP contribution in [0.3, 0.4) is 0 Å². The second-order valence-corrected chi connectivity index (χ2v) is 9.11. The van der Waals surface area contributed by atoms with Crippen LogP contribution in [0.1, 0.15) is 32.1 Å². The lowest BCUT2D eigenvalue weighted by atomic mass is 9.94. The van der Waals surface area contributed by atoms with E-state index in [1.165, 1.54) is 24.2 Å². The summed E-state index contributed by atoms with van der Waals surface area (Å²) >= 11 is 1.78. The van der Waals surface area contributed by atoms with Crippen molar-refractivity contribution in [3.05, 3.63) is 30.3 Å². The molecule has 1 atom stereocenters. The van der Waals surface area contributed by atoms with E-state index >= 15 is 0 Å². The monoisotopic (exact) mass is 562 g/mol. The van der Waals surface area contributed by atoms with Crippen molar-refractivity contribution in [2.24, 2.45) is 4.99 Å². The van der Waals surface area contributed by atoms with E-state index in [0.29, 0.717) is 19.1 Å². The summed E-state index contributed by atoms with van der Waals surface area (Å²) in [5.41, 5.74) is 0. The molecule has 9 heteroatoms. The van der Waals surface area contributed by atoms with Gasteiger partial charge in [0.05, 0.1) is 6.61 Å². The maximum Gasteiger partial charge on any atom is 0.243 e. The van der Waals surface area contributed by atoms with Gasteiger partial charge in [-0.2, -0.15) is 0 Å². The number of rotatable bonds is 8. The Morgan fingerprint density at radius 2 is 1.94 bits per heavy atom. The van der Waals surface area contributed by atoms with E-state index in [-0.39, 0.29) is 48.3 Å². The summed E-state index contributed by atoms with van der Waals surface area (Å²) in [5, 5.41) is 6.66. The van der Waals surface area contributed by atoms with Crippen LogP contribution in [-0.2, 0) is 14.3 Å². The number of thioether (sulfide) groups is 1. The highest BCUT2D eigenvalue weighted by Gasteiger charge is 2.42. The van der Waals surface area contributed by atoms with E-state index in [9.17, 15) is 4.79 Å². The number of hydrogen-bond acceptors (Lipinski definition) is 5. The summed E-state index contributed by atoms with van der Waals surface area (Å²) in [4.78, 5) is 19.2. The minimum Gasteiger partial charge on any atom is -0.356 e. The van der Waals surface area contributed by atoms with Gasteiger partial charge in [0.25, 0.3) is 0 Å². The van der Waals surface area contributed by atoms with Crippen molar-refractivity contribution in [3.63, 3.8) is 0 Å². The minimum absolute atomic E-state index is 0. The largest absolute Gasteiger partial charge is 0.356 e. The Labute approximate surface area is 207 Å². The second kappa shape index (κ2) is 13.5. The van der Waals surface area contributed by atoms with Crippen molar-refractivity contribution in [2.45, 2.75) is 48.9 Å². The van der Waals surface area contributed by atoms with Gasteiger partial charge in [-0.1, -0.05) is 24.6 Å². The highest BCUT2D eigenvalue weighted by atomic mass is 127. The first-order valence-electron chi connectivity index (χ1n) is 10.8. The van der Waals surface area contributed by atoms with Crippen molar-refractivity contribution in [3.8, 4) is 0 Å². The summed E-state index contributed by atoms with van der Waals surface area (Å²) in [5.74, 6) is 1.13. The van der Waals surface area contributed by atoms with Crippen molar-refractivity contribution < 1.29 is 14.3 Å². The molecule has 0 aromatic heterocycles. The van der Waals surface area contributed by atoms with E-state index in [1.807, 2.05) is 18.2 Å². The molecule has 1 aliphatic heterocycles. The molecule has 1 aromatic rings. The van der Waals surface area contributed by atoms with Crippen molar-refractivity contribution in [1.82, 2.24) is 15.5 Å². The summed E-state index contributed by atoms with van der Waals surface area (Å²) in [6, 6.07) is 10.3. The lowest BCUT2D eigenvalue weighted by molar-refractivity contribution is -0.186. The predicted molar refractivity (Wildman–Crippen MR) is 136 cm³/mol. The molecule has 31 heavy (non-hydrogen) atoms. The van der Waals surface area contributed by atoms with E-state index < -0.39 is 0 Å². The number of carbonyl (C=O) groups is 1. The van der Waals surface area contributed by atoms with Crippen LogP contribution in [0, 0.1) is 0 Å². The Hall–Kier alpha value is -1.04. The molecule has 1 heterocycles. The molecule has 1 spiro atoms. The van der Waals surface area contributed by atoms with Gasteiger partial charge in [-0.25, -0.2) is 4.99 Å². The quantitative estimate of drug-likeness (QED) is 0.167. The molecule has 0 bridgehead atoms. The number of ether oxygens (including phenoxy) is 2. The lowest BCUT2D eigenvalue weighted by Gasteiger charge is -2.31. The number of benzene rings is 1. The van der Waals surface area contributed by atoms with Gasteiger partial charge >= 0.3 is 0 Å². The number of nitrogens with one attached hydrogen (secondary N) is 2. The predicted octanol–water partition coefficient (Wildman–Crippen LogP) is 3.10. The zero-order valence-electron chi connectivity index (χ0n) is 18.5. The maximum absolute atomic E-state index is 11.9. The molecule has 1 amide bonds. The fourth-order valence-electron chi connectivity index (χ4n) is 3.60. The van der Waals surface area contributed by atoms with Crippen LogP contribution in [0.25, 0.3) is 0 Å². The molecule has 1 aliphatic carbocycles. The molecule has 2 N–H and O–H groups in total. The van der Waals surface area contributed by atoms with E-state index in [2.05, 4.69) is 27.8 Å². The smallest absolute Gasteiger partial charge is 0.243 e. The molecule has 0 radical (unpaired) electrons. The Morgan fingerprint density at radius 3 is 2.65 bits per heavy atom. The van der Waals surface area contributed by atoms with Gasteiger partial charge in [-0.15, -0.1) is 35.7 Å². The zero-order valence-corrected chi connectivity index (χ0v) is 21.6. The normalized spacial score (nSPS) is 20.2. The van der Waals surface area contributed by atoms with Gasteiger partial charge in [-0.05, 0) is 25.0 Å². The topological polar surface area (TPSA) is 75.2 Å². The summed E-state index contributed by atoms with van der Waals surface area (Å²) in [6.45, 7) is 2.06. The van der Waals surface area contributed by atoms with Crippen LogP contribution in [0.2, 0.25) is 0 Å². The van der Waals surface area contributed by atoms with Crippen LogP contribution in [0.4, 0.5) is 0 Å². The number of hydrogen-bond donors (Lipinski definition) is 2. The van der Waals surface area contributed by atoms with Gasteiger partial charge in [0.15, 0.2) is 11.7 Å². The van der Waals surface area contributed by atoms with Crippen LogP contribution in [0.15, 0.2) is 40.2 Å². The molecule has 1 aromatic carbocycles. The first-order chi connectivity index (χ1) is 14.6. The van der Waals surface area contributed by atoms with Gasteiger partial charge < -0.3 is 25.0 Å². The number of guanidine groups is 1. The van der Waals surface area contributed by atoms with Crippen molar-refractivity contribution >= 4 is 47.6 Å². The third-order valence-electron chi connectivity index (χ3n) is 5.30. The number of amides is 1. The van der Waals surface area contributed by atoms with Gasteiger partial charge in [-0.3, -0.25) is 4.79 Å². The third-order valence-corrected chi connectivity index (χ3v) is 6.32. The Kier molecular flexibility index (Phi) is 11.4. The summed E-state index contributed by atoms with van der Waals surface area (Å²) in [6.07, 6.45) is 5.56. The Bertz CT molecular complexity index is 699. The molecule has 1 saturated heterocycles. The van der Waals surface area contributed by atoms with Crippen molar-refractivity contribution in [1.29, 1.82) is 0 Å². The molecule has 1 unspecified atom stereocenters. The fraction of sp³-hybridized carbons (Fsp3) is 0.636. The molecule has 2 fully saturated rings. The molecule has 174 valence electrons. The number of halogens is 1. The minimum atomic E-state index is -0.372. The molecular formula is C22H35IN4O3S. The van der Waals surface area contributed by atoms with Gasteiger partial charge in [0.2, 0.25) is 5.91 Å². The maximum atomic E-state index is 11.9. The van der Waals surface area contributed by atoms with E-state index in [0.717, 1.165) is 25.1 Å². The number of aliphatic imine (C=N–C) groups is 1. The molecule has 3 rings (SSSR count). The van der Waals surface area contributed by atoms with Crippen LogP contribution < -0.4 is 10.6 Å². The van der Waals surface area contributed by atoms with Crippen molar-refractivity contribution in [2.75, 3.05) is 46.1 Å². The van der Waals surface area contributed by atoms with Crippen LogP contribution in [0.5, 0.6) is 0 Å². The number of nitrogens with zero attached hydrogens (tertiary/aromatic N) is 2. The van der Waals surface area contributed by atoms with E-state index in [4.69, 9.17) is 9.47 Å². The Morgan fingerprint density at radius 1 is 1.19 bits per heavy atom. The molecule has 7 nitrogen and oxygen atoms in total. The van der Waals surface area contributed by atoms with Gasteiger partial charge in [0.1, 0.15) is 12.6 Å². The molecule has 2 aliphatic rings. The highest BCUT2D eigenvalue weighted by Crippen LogP contribution is 2.37. The summed E-state index contributed by atoms with van der Waals surface area (Å²) in [7, 11) is 3.48. The standard InChI is InChI=1S/C22H34N4O3S.HI/c1-26(2)20(27)16-25-21(23-13-14-30-19-9-5-3-6-10-19)24-15-18-17-28-22(29-18)11-7-4-8-12-22;/h3,5-6,9-10,18H,4,7-8,11-17H2,1-2H3,(H2,23,24,25);1H. The molecule has 1 saturated carbocycles. The fourth-order valence-corrected chi connectivity index (χ4v) is 4.39. The SMILES string of the molecule is CN(C)C(=O)CN=C(NCCSc1ccccc1)NCC1COC2(CCCCC2)O1.I. The highest BCUT2D eigenvalue weighted by molar-refractivity contribution is 14.0. The molecular weight excluding hydrogens is 527 g/mol. The number of likely N-dealkylation sites (N-methyl/N-ethyl adjacent to an activating group) is 1. The van der Waals surface area contributed by atoms with Gasteiger partial charge in [0, 0.05) is 50.7 Å². The average molecular weight is 563 g/mol. The zero-order chi connectivity index (χ0) is 21.2. The number of carbonyl (C=O) groups excluding carboxylic acids is 1. The third kappa shape index (κ3) is 8.78. The van der Waals surface area contributed by atoms with E-state index in [1.54, 1.807) is 30.8 Å². The summed E-state index contributed by atoms with van der Waals surface area (Å²) < 4.78 is 12.3. The average Bonchev–Trinajstić information content (AvgIpc) is 3.15. The Balaban J connectivity index is 0.00000341. The lowest BCUT2D eigenvalue weighted by Crippen LogP contribution is -2.44. The first-order valence-corrected chi connectivity index (χ1v) is 11.8.